The molecule has 0 aliphatic carbocycles. The molecule has 2 N–H and O–H groups in total. The Hall–Kier alpha value is -1.08. The van der Waals surface area contributed by atoms with Crippen LogP contribution in [-0.4, -0.2) is 33.8 Å². The van der Waals surface area contributed by atoms with Crippen LogP contribution in [0, 0.1) is 0 Å². The molecular weight excluding hydrogens is 308 g/mol. The van der Waals surface area contributed by atoms with Crippen molar-refractivity contribution in [2.24, 2.45) is 0 Å². The third-order valence-corrected chi connectivity index (χ3v) is 3.28. The van der Waals surface area contributed by atoms with Gasteiger partial charge in [-0.05, 0) is 28.1 Å². The first-order valence-corrected chi connectivity index (χ1v) is 6.51. The summed E-state index contributed by atoms with van der Waals surface area (Å²) < 4.78 is 0.860. The predicted octanol–water partition coefficient (Wildman–Crippen LogP) is 1.53. The minimum atomic E-state index is -1.05. The number of carbonyl (C=O) groups excluding carboxylic acids is 1. The molecule has 7 heteroatoms. The zero-order chi connectivity index (χ0) is 12.8. The van der Waals surface area contributed by atoms with E-state index in [-0.39, 0.29) is 11.7 Å². The lowest BCUT2D eigenvalue weighted by atomic mass is 10.3. The molecule has 1 atom stereocenters. The highest BCUT2D eigenvalue weighted by molar-refractivity contribution is 9.10. The number of nitrogens with zero attached hydrogens (tertiary/aromatic N) is 1. The number of carboxylic acid groups (broad SMARTS) is 1. The number of rotatable bonds is 5. The average Bonchev–Trinajstić information content (AvgIpc) is 2.25. The number of hydrogen-bond donors (Lipinski definition) is 2. The van der Waals surface area contributed by atoms with E-state index in [0.29, 0.717) is 5.03 Å². The number of thioether (sulfide) groups is 1. The molecule has 1 aromatic rings. The molecule has 0 bridgehead atoms. The highest BCUT2D eigenvalue weighted by Gasteiger charge is 2.18. The van der Waals surface area contributed by atoms with Gasteiger partial charge in [-0.3, -0.25) is 4.79 Å². The van der Waals surface area contributed by atoms with Crippen LogP contribution in [-0.2, 0) is 9.59 Å². The summed E-state index contributed by atoms with van der Waals surface area (Å²) in [6.45, 7) is 1.29. The summed E-state index contributed by atoms with van der Waals surface area (Å²) in [7, 11) is 0. The second kappa shape index (κ2) is 6.61. The smallest absolute Gasteiger partial charge is 0.327 e. The van der Waals surface area contributed by atoms with Crippen LogP contribution in [0.15, 0.2) is 27.8 Å². The summed E-state index contributed by atoms with van der Waals surface area (Å²) in [5.74, 6) is -1.17. The summed E-state index contributed by atoms with van der Waals surface area (Å²) in [6, 6.07) is 2.70. The van der Waals surface area contributed by atoms with Crippen LogP contribution >= 0.6 is 27.7 Å². The van der Waals surface area contributed by atoms with Gasteiger partial charge in [-0.25, -0.2) is 9.78 Å². The molecule has 0 saturated carbocycles. The van der Waals surface area contributed by atoms with Gasteiger partial charge >= 0.3 is 5.97 Å². The fourth-order valence-electron chi connectivity index (χ4n) is 1.04. The maximum atomic E-state index is 10.9. The summed E-state index contributed by atoms with van der Waals surface area (Å²) >= 11 is 4.54. The van der Waals surface area contributed by atoms with Crippen LogP contribution in [0.1, 0.15) is 6.92 Å². The first-order chi connectivity index (χ1) is 7.99. The van der Waals surface area contributed by atoms with Crippen molar-refractivity contribution in [2.45, 2.75) is 18.0 Å². The molecule has 0 fully saturated rings. The molecule has 1 aromatic heterocycles. The quantitative estimate of drug-likeness (QED) is 0.805. The summed E-state index contributed by atoms with van der Waals surface area (Å²) in [5.41, 5.74) is 0. The van der Waals surface area contributed by atoms with Gasteiger partial charge in [-0.15, -0.1) is 11.8 Å². The average molecular weight is 319 g/mol. The number of halogens is 1. The minimum absolute atomic E-state index is 0.240. The first-order valence-electron chi connectivity index (χ1n) is 4.73. The zero-order valence-electron chi connectivity index (χ0n) is 9.01. The van der Waals surface area contributed by atoms with Crippen molar-refractivity contribution in [1.82, 2.24) is 10.3 Å². The molecule has 0 aliphatic heterocycles. The van der Waals surface area contributed by atoms with Crippen LogP contribution < -0.4 is 5.32 Å². The van der Waals surface area contributed by atoms with E-state index in [0.717, 1.165) is 4.47 Å². The van der Waals surface area contributed by atoms with Crippen LogP contribution in [0.25, 0.3) is 0 Å². The molecule has 1 amide bonds. The van der Waals surface area contributed by atoms with E-state index in [1.165, 1.54) is 18.7 Å². The molecule has 1 rings (SSSR count). The predicted molar refractivity (Wildman–Crippen MR) is 67.9 cm³/mol. The van der Waals surface area contributed by atoms with Crippen molar-refractivity contribution in [3.05, 3.63) is 22.8 Å². The van der Waals surface area contributed by atoms with Crippen molar-refractivity contribution >= 4 is 39.6 Å². The van der Waals surface area contributed by atoms with Crippen molar-refractivity contribution in [1.29, 1.82) is 0 Å². The molecule has 0 aliphatic rings. The van der Waals surface area contributed by atoms with Crippen molar-refractivity contribution in [3.8, 4) is 0 Å². The van der Waals surface area contributed by atoms with Gasteiger partial charge in [-0.2, -0.15) is 0 Å². The van der Waals surface area contributed by atoms with Crippen molar-refractivity contribution < 1.29 is 14.7 Å². The minimum Gasteiger partial charge on any atom is -0.480 e. The molecule has 0 radical (unpaired) electrons. The Kier molecular flexibility index (Phi) is 5.43. The lowest BCUT2D eigenvalue weighted by Crippen LogP contribution is -2.41. The van der Waals surface area contributed by atoms with Crippen LogP contribution in [0.5, 0.6) is 0 Å². The van der Waals surface area contributed by atoms with Gasteiger partial charge < -0.3 is 10.4 Å². The van der Waals surface area contributed by atoms with Crippen molar-refractivity contribution in [2.75, 3.05) is 5.75 Å². The summed E-state index contributed by atoms with van der Waals surface area (Å²) in [5, 5.41) is 12.0. The van der Waals surface area contributed by atoms with E-state index in [1.54, 1.807) is 12.3 Å². The number of amides is 1. The van der Waals surface area contributed by atoms with Crippen LogP contribution in [0.2, 0.25) is 0 Å². The molecule has 17 heavy (non-hydrogen) atoms. The molecule has 0 spiro atoms. The van der Waals surface area contributed by atoms with Gasteiger partial charge in [-0.1, -0.05) is 0 Å². The molecular formula is C10H11BrN2O3S. The maximum Gasteiger partial charge on any atom is 0.327 e. The number of pyridine rings is 1. The van der Waals surface area contributed by atoms with E-state index in [4.69, 9.17) is 5.11 Å². The number of aromatic nitrogens is 1. The van der Waals surface area contributed by atoms with E-state index < -0.39 is 12.0 Å². The number of carboxylic acids is 1. The highest BCUT2D eigenvalue weighted by atomic mass is 79.9. The number of aliphatic carboxylic acids is 1. The fourth-order valence-corrected chi connectivity index (χ4v) is 2.13. The molecule has 1 unspecified atom stereocenters. The number of carbonyl (C=O) groups is 2. The second-order valence-corrected chi connectivity index (χ2v) is 5.17. The van der Waals surface area contributed by atoms with Gasteiger partial charge in [0.05, 0.1) is 5.03 Å². The van der Waals surface area contributed by atoms with E-state index in [9.17, 15) is 9.59 Å². The molecule has 5 nitrogen and oxygen atoms in total. The molecule has 92 valence electrons. The maximum absolute atomic E-state index is 10.9. The van der Waals surface area contributed by atoms with Gasteiger partial charge in [0.25, 0.3) is 0 Å². The SMILES string of the molecule is CC(=O)NC(CSc1ccc(Br)cn1)C(=O)O. The lowest BCUT2D eigenvalue weighted by molar-refractivity contribution is -0.140. The zero-order valence-corrected chi connectivity index (χ0v) is 11.4. The van der Waals surface area contributed by atoms with E-state index in [1.807, 2.05) is 6.07 Å². The van der Waals surface area contributed by atoms with Gasteiger partial charge in [0.2, 0.25) is 5.91 Å². The Bertz CT molecular complexity index is 411. The van der Waals surface area contributed by atoms with Crippen LogP contribution in [0.3, 0.4) is 0 Å². The first kappa shape index (κ1) is 14.0. The monoisotopic (exact) mass is 318 g/mol. The number of hydrogen-bond acceptors (Lipinski definition) is 4. The van der Waals surface area contributed by atoms with Crippen molar-refractivity contribution in [3.63, 3.8) is 0 Å². The van der Waals surface area contributed by atoms with Gasteiger partial charge in [0.1, 0.15) is 6.04 Å². The fraction of sp³-hybridized carbons (Fsp3) is 0.300. The Balaban J connectivity index is 2.54. The Morgan fingerprint density at radius 1 is 1.59 bits per heavy atom. The number of nitrogens with one attached hydrogen (secondary N) is 1. The highest BCUT2D eigenvalue weighted by Crippen LogP contribution is 2.18. The third-order valence-electron chi connectivity index (χ3n) is 1.77. The Morgan fingerprint density at radius 3 is 2.76 bits per heavy atom. The second-order valence-electron chi connectivity index (χ2n) is 3.22. The molecule has 0 saturated heterocycles. The standard InChI is InChI=1S/C10H11BrN2O3S/c1-6(14)13-8(10(15)16)5-17-9-3-2-7(11)4-12-9/h2-4,8H,5H2,1H3,(H,13,14)(H,15,16). The molecule has 0 aromatic carbocycles. The summed E-state index contributed by atoms with van der Waals surface area (Å²) in [6.07, 6.45) is 1.64. The third kappa shape index (κ3) is 5.18. The lowest BCUT2D eigenvalue weighted by Gasteiger charge is -2.12. The van der Waals surface area contributed by atoms with E-state index >= 15 is 0 Å². The van der Waals surface area contributed by atoms with E-state index in [2.05, 4.69) is 26.2 Å². The molecule has 1 heterocycles. The van der Waals surface area contributed by atoms with Gasteiger partial charge in [0, 0.05) is 23.3 Å². The normalized spacial score (nSPS) is 11.9. The summed E-state index contributed by atoms with van der Waals surface area (Å²) in [4.78, 5) is 25.8. The topological polar surface area (TPSA) is 79.3 Å². The van der Waals surface area contributed by atoms with Crippen LogP contribution in [0.4, 0.5) is 0 Å². The Morgan fingerprint density at radius 2 is 2.29 bits per heavy atom. The van der Waals surface area contributed by atoms with Gasteiger partial charge in [0.15, 0.2) is 0 Å². The Labute approximate surface area is 111 Å². The largest absolute Gasteiger partial charge is 0.480 e.